The van der Waals surface area contributed by atoms with Gasteiger partial charge in [0.1, 0.15) is 5.82 Å². The summed E-state index contributed by atoms with van der Waals surface area (Å²) in [5.41, 5.74) is 1.33. The van der Waals surface area contributed by atoms with E-state index in [1.54, 1.807) is 0 Å². The third-order valence-corrected chi connectivity index (χ3v) is 8.28. The molecular weight excluding hydrogens is 356 g/mol. The number of aromatic nitrogens is 4. The molecule has 3 aliphatic rings. The Kier molecular flexibility index (Phi) is 4.78. The average molecular weight is 387 g/mol. The molecule has 2 aromatic heterocycles. The van der Waals surface area contributed by atoms with Gasteiger partial charge in [0, 0.05) is 17.7 Å². The quantitative estimate of drug-likeness (QED) is 0.746. The number of hydrogen-bond donors (Lipinski definition) is 1. The summed E-state index contributed by atoms with van der Waals surface area (Å²) in [7, 11) is 0. The lowest BCUT2D eigenvalue weighted by molar-refractivity contribution is 0.408. The minimum Gasteiger partial charge on any atom is -0.336 e. The van der Waals surface area contributed by atoms with Gasteiger partial charge in [0.05, 0.1) is 0 Å². The van der Waals surface area contributed by atoms with E-state index in [-0.39, 0.29) is 5.56 Å². The van der Waals surface area contributed by atoms with Gasteiger partial charge in [0.2, 0.25) is 0 Å². The molecular formula is C21H30N4OS. The Hall–Kier alpha value is -1.30. The zero-order valence-corrected chi connectivity index (χ0v) is 17.1. The first-order valence-electron chi connectivity index (χ1n) is 10.9. The lowest BCUT2D eigenvalue weighted by atomic mass is 9.88. The Balaban J connectivity index is 1.51. The number of nitrogens with zero attached hydrogens (tertiary/aromatic N) is 3. The average Bonchev–Trinajstić information content (AvgIpc) is 3.41. The van der Waals surface area contributed by atoms with Crippen LogP contribution in [0, 0.1) is 11.8 Å². The molecule has 0 saturated heterocycles. The van der Waals surface area contributed by atoms with Crippen LogP contribution >= 0.6 is 11.8 Å². The maximum Gasteiger partial charge on any atom is 0.280 e. The van der Waals surface area contributed by atoms with E-state index < -0.39 is 0 Å². The van der Waals surface area contributed by atoms with E-state index in [1.165, 1.54) is 57.8 Å². The fourth-order valence-corrected chi connectivity index (χ4v) is 6.89. The first-order chi connectivity index (χ1) is 13.2. The summed E-state index contributed by atoms with van der Waals surface area (Å²) >= 11 is 1.81. The van der Waals surface area contributed by atoms with Gasteiger partial charge in [-0.2, -0.15) is 0 Å². The molecule has 27 heavy (non-hydrogen) atoms. The molecule has 5 nitrogen and oxygen atoms in total. The lowest BCUT2D eigenvalue weighted by Crippen LogP contribution is -2.24. The van der Waals surface area contributed by atoms with Crippen LogP contribution in [-0.4, -0.2) is 24.8 Å². The van der Waals surface area contributed by atoms with Gasteiger partial charge in [-0.15, -0.1) is 0 Å². The van der Waals surface area contributed by atoms with Crippen molar-refractivity contribution in [2.75, 3.05) is 0 Å². The molecule has 0 amide bonds. The summed E-state index contributed by atoms with van der Waals surface area (Å²) < 4.78 is 1.89. The summed E-state index contributed by atoms with van der Waals surface area (Å²) in [4.78, 5) is 26.3. The first-order valence-corrected chi connectivity index (χ1v) is 11.8. The fraction of sp³-hybridized carbons (Fsp3) is 0.762. The summed E-state index contributed by atoms with van der Waals surface area (Å²) in [5.74, 6) is 3.15. The van der Waals surface area contributed by atoms with Gasteiger partial charge >= 0.3 is 0 Å². The van der Waals surface area contributed by atoms with Crippen molar-refractivity contribution >= 4 is 22.9 Å². The first kappa shape index (κ1) is 17.8. The van der Waals surface area contributed by atoms with Crippen molar-refractivity contribution in [1.29, 1.82) is 0 Å². The van der Waals surface area contributed by atoms with E-state index in [0.717, 1.165) is 35.8 Å². The van der Waals surface area contributed by atoms with Crippen molar-refractivity contribution in [3.05, 3.63) is 16.2 Å². The Morgan fingerprint density at radius 2 is 1.96 bits per heavy atom. The predicted octanol–water partition coefficient (Wildman–Crippen LogP) is 4.86. The Labute approximate surface area is 164 Å². The van der Waals surface area contributed by atoms with E-state index in [2.05, 4.69) is 11.9 Å². The van der Waals surface area contributed by atoms with Crippen molar-refractivity contribution in [3.63, 3.8) is 0 Å². The van der Waals surface area contributed by atoms with Crippen molar-refractivity contribution < 1.29 is 0 Å². The molecule has 3 fully saturated rings. The molecule has 3 saturated carbocycles. The zero-order valence-electron chi connectivity index (χ0n) is 16.2. The Morgan fingerprint density at radius 1 is 1.11 bits per heavy atom. The van der Waals surface area contributed by atoms with Crippen LogP contribution in [0.3, 0.4) is 0 Å². The van der Waals surface area contributed by atoms with Gasteiger partial charge in [-0.3, -0.25) is 9.36 Å². The minimum absolute atomic E-state index is 0.0714. The number of rotatable bonds is 5. The molecule has 146 valence electrons. The number of H-pyrrole nitrogens is 1. The standard InChI is InChI=1S/C21H30N4OS/c1-2-10-25-20(26)17-19(24-21(25)27-15-6-4-3-5-7-15)23-18(22-17)16-12-13-8-9-14(16)11-13/h13-16H,2-12H2,1H3,(H,22,23). The Morgan fingerprint density at radius 3 is 2.67 bits per heavy atom. The third kappa shape index (κ3) is 3.24. The fourth-order valence-electron chi connectivity index (χ4n) is 5.58. The largest absolute Gasteiger partial charge is 0.336 e. The molecule has 3 atom stereocenters. The second-order valence-corrected chi connectivity index (χ2v) is 10.1. The van der Waals surface area contributed by atoms with Crippen molar-refractivity contribution in [3.8, 4) is 0 Å². The number of fused-ring (bicyclic) bond motifs is 3. The third-order valence-electron chi connectivity index (χ3n) is 6.96. The molecule has 6 heteroatoms. The van der Waals surface area contributed by atoms with Crippen LogP contribution in [-0.2, 0) is 6.54 Å². The highest BCUT2D eigenvalue weighted by Crippen LogP contribution is 2.52. The van der Waals surface area contributed by atoms with Crippen LogP contribution in [0.2, 0.25) is 0 Å². The van der Waals surface area contributed by atoms with Crippen molar-refractivity contribution in [1.82, 2.24) is 19.5 Å². The van der Waals surface area contributed by atoms with E-state index >= 15 is 0 Å². The molecule has 0 aromatic carbocycles. The van der Waals surface area contributed by atoms with Crippen molar-refractivity contribution in [2.45, 2.75) is 94.0 Å². The van der Waals surface area contributed by atoms with Crippen LogP contribution < -0.4 is 5.56 Å². The topological polar surface area (TPSA) is 63.6 Å². The molecule has 3 unspecified atom stereocenters. The van der Waals surface area contributed by atoms with Gasteiger partial charge in [0.15, 0.2) is 16.3 Å². The number of hydrogen-bond acceptors (Lipinski definition) is 4. The highest BCUT2D eigenvalue weighted by Gasteiger charge is 2.41. The second-order valence-electron chi connectivity index (χ2n) is 8.83. The van der Waals surface area contributed by atoms with E-state index in [9.17, 15) is 4.79 Å². The van der Waals surface area contributed by atoms with Gasteiger partial charge in [0.25, 0.3) is 5.56 Å². The van der Waals surface area contributed by atoms with Gasteiger partial charge in [-0.1, -0.05) is 44.4 Å². The molecule has 0 aliphatic heterocycles. The highest BCUT2D eigenvalue weighted by molar-refractivity contribution is 7.99. The molecule has 5 rings (SSSR count). The van der Waals surface area contributed by atoms with E-state index in [4.69, 9.17) is 9.97 Å². The lowest BCUT2D eigenvalue weighted by Gasteiger charge is -2.21. The van der Waals surface area contributed by atoms with Crippen LogP contribution in [0.4, 0.5) is 0 Å². The molecule has 0 spiro atoms. The summed E-state index contributed by atoms with van der Waals surface area (Å²) in [6.45, 7) is 2.86. The van der Waals surface area contributed by atoms with Crippen molar-refractivity contribution in [2.24, 2.45) is 11.8 Å². The van der Waals surface area contributed by atoms with Gasteiger partial charge in [-0.05, 0) is 50.4 Å². The second kappa shape index (κ2) is 7.26. The molecule has 3 aliphatic carbocycles. The smallest absolute Gasteiger partial charge is 0.280 e. The molecule has 2 bridgehead atoms. The maximum atomic E-state index is 13.2. The molecule has 2 aromatic rings. The van der Waals surface area contributed by atoms with Crippen LogP contribution in [0.5, 0.6) is 0 Å². The summed E-state index contributed by atoms with van der Waals surface area (Å²) in [6.07, 6.45) is 12.6. The van der Waals surface area contributed by atoms with E-state index in [0.29, 0.717) is 22.3 Å². The monoisotopic (exact) mass is 386 g/mol. The normalized spacial score (nSPS) is 28.4. The molecule has 0 radical (unpaired) electrons. The number of thioether (sulfide) groups is 1. The SMILES string of the molecule is CCCn1c(SC2CCCCC2)nc2nc(C3CC4CCC3C4)[nH]c2c1=O. The minimum atomic E-state index is 0.0714. The summed E-state index contributed by atoms with van der Waals surface area (Å²) in [6, 6.07) is 0. The highest BCUT2D eigenvalue weighted by atomic mass is 32.2. The number of aromatic amines is 1. The molecule has 1 N–H and O–H groups in total. The number of nitrogens with one attached hydrogen (secondary N) is 1. The predicted molar refractivity (Wildman–Crippen MR) is 109 cm³/mol. The molecule has 2 heterocycles. The van der Waals surface area contributed by atoms with Gasteiger partial charge in [-0.25, -0.2) is 9.97 Å². The van der Waals surface area contributed by atoms with Gasteiger partial charge < -0.3 is 4.98 Å². The zero-order chi connectivity index (χ0) is 18.4. The van der Waals surface area contributed by atoms with Crippen LogP contribution in [0.1, 0.15) is 82.9 Å². The summed E-state index contributed by atoms with van der Waals surface area (Å²) in [5, 5.41) is 1.47. The van der Waals surface area contributed by atoms with Crippen LogP contribution in [0.25, 0.3) is 11.2 Å². The van der Waals surface area contributed by atoms with E-state index in [1.807, 2.05) is 16.3 Å². The maximum absolute atomic E-state index is 13.2. The Bertz CT molecular complexity index is 882. The van der Waals surface area contributed by atoms with Crippen LogP contribution in [0.15, 0.2) is 9.95 Å². The number of imidazole rings is 1.